The number of aliphatic hydroxyl groups is 1. The molecule has 1 unspecified atom stereocenters. The van der Waals surface area contributed by atoms with Gasteiger partial charge in [0.1, 0.15) is 11.5 Å². The number of ether oxygens (including phenoxy) is 3. The highest BCUT2D eigenvalue weighted by molar-refractivity contribution is 5.94. The number of halogens is 1. The maximum absolute atomic E-state index is 14.2. The van der Waals surface area contributed by atoms with Gasteiger partial charge < -0.3 is 19.3 Å². The average Bonchev–Trinajstić information content (AvgIpc) is 3.15. The Kier molecular flexibility index (Phi) is 6.80. The minimum atomic E-state index is -0.868. The van der Waals surface area contributed by atoms with Crippen molar-refractivity contribution >= 4 is 17.9 Å². The summed E-state index contributed by atoms with van der Waals surface area (Å²) in [5, 5.41) is 9.05. The predicted molar refractivity (Wildman–Crippen MR) is 128 cm³/mol. The van der Waals surface area contributed by atoms with Gasteiger partial charge in [0.25, 0.3) is 0 Å². The van der Waals surface area contributed by atoms with Crippen molar-refractivity contribution in [3.05, 3.63) is 102 Å². The van der Waals surface area contributed by atoms with Gasteiger partial charge in [0.05, 0.1) is 17.7 Å². The molecule has 1 aliphatic carbocycles. The Labute approximate surface area is 206 Å². The zero-order valence-electron chi connectivity index (χ0n) is 19.2. The van der Waals surface area contributed by atoms with Crippen LogP contribution in [-0.2, 0) is 9.59 Å². The standard InChI is InChI=1S/C28H21FO7/c1-4-26(31)36-25-10-7-19(13-24(25)29)35-28(33)17-5-8-20-21-9-6-18(34-27(32)15(2)14-30)12-23(21)16(3)22(20)11-17/h4-13,16,30H,1-2,14H2,3H3. The van der Waals surface area contributed by atoms with E-state index in [1.54, 1.807) is 30.3 Å². The van der Waals surface area contributed by atoms with E-state index in [9.17, 15) is 18.8 Å². The van der Waals surface area contributed by atoms with Crippen molar-refractivity contribution in [3.8, 4) is 28.4 Å². The van der Waals surface area contributed by atoms with Gasteiger partial charge in [0, 0.05) is 18.1 Å². The summed E-state index contributed by atoms with van der Waals surface area (Å²) in [5.41, 5.74) is 3.85. The van der Waals surface area contributed by atoms with Crippen molar-refractivity contribution < 1.29 is 38.1 Å². The van der Waals surface area contributed by atoms with Crippen LogP contribution >= 0.6 is 0 Å². The molecule has 3 aromatic carbocycles. The summed E-state index contributed by atoms with van der Waals surface area (Å²) in [5.74, 6) is -3.24. The van der Waals surface area contributed by atoms with Gasteiger partial charge in [-0.05, 0) is 58.7 Å². The van der Waals surface area contributed by atoms with Crippen LogP contribution in [0.4, 0.5) is 4.39 Å². The monoisotopic (exact) mass is 488 g/mol. The van der Waals surface area contributed by atoms with E-state index in [1.165, 1.54) is 12.1 Å². The van der Waals surface area contributed by atoms with Crippen LogP contribution in [0.1, 0.15) is 34.3 Å². The van der Waals surface area contributed by atoms with E-state index in [0.717, 1.165) is 34.4 Å². The molecule has 0 amide bonds. The zero-order valence-corrected chi connectivity index (χ0v) is 19.2. The Balaban J connectivity index is 1.52. The topological polar surface area (TPSA) is 99.1 Å². The fourth-order valence-electron chi connectivity index (χ4n) is 3.86. The Morgan fingerprint density at radius 2 is 1.58 bits per heavy atom. The highest BCUT2D eigenvalue weighted by Gasteiger charge is 2.27. The molecule has 0 spiro atoms. The number of hydrogen-bond donors (Lipinski definition) is 1. The van der Waals surface area contributed by atoms with Crippen LogP contribution in [0.3, 0.4) is 0 Å². The number of rotatable bonds is 7. The van der Waals surface area contributed by atoms with Crippen LogP contribution < -0.4 is 14.2 Å². The molecule has 0 bridgehead atoms. The maximum atomic E-state index is 14.2. The average molecular weight is 488 g/mol. The van der Waals surface area contributed by atoms with Crippen LogP contribution in [0.15, 0.2) is 79.4 Å². The molecule has 1 N–H and O–H groups in total. The molecule has 3 aromatic rings. The van der Waals surface area contributed by atoms with Gasteiger partial charge in [-0.2, -0.15) is 0 Å². The second kappa shape index (κ2) is 9.97. The molecule has 0 fully saturated rings. The highest BCUT2D eigenvalue weighted by Crippen LogP contribution is 2.46. The number of aliphatic hydroxyl groups excluding tert-OH is 1. The summed E-state index contributed by atoms with van der Waals surface area (Å²) in [4.78, 5) is 35.9. The van der Waals surface area contributed by atoms with E-state index in [2.05, 4.69) is 13.2 Å². The van der Waals surface area contributed by atoms with E-state index < -0.39 is 30.3 Å². The third-order valence-corrected chi connectivity index (χ3v) is 5.71. The second-order valence-electron chi connectivity index (χ2n) is 8.03. The highest BCUT2D eigenvalue weighted by atomic mass is 19.1. The first-order valence-electron chi connectivity index (χ1n) is 10.9. The normalized spacial score (nSPS) is 13.2. The van der Waals surface area contributed by atoms with Gasteiger partial charge in [-0.15, -0.1) is 0 Å². The summed E-state index contributed by atoms with van der Waals surface area (Å²) in [6.07, 6.45) is 0.905. The minimum absolute atomic E-state index is 0.0522. The summed E-state index contributed by atoms with van der Waals surface area (Å²) in [6, 6.07) is 13.8. The number of carbonyl (C=O) groups is 3. The smallest absolute Gasteiger partial charge is 0.343 e. The van der Waals surface area contributed by atoms with Crippen LogP contribution in [-0.4, -0.2) is 29.6 Å². The molecule has 8 heteroatoms. The van der Waals surface area contributed by atoms with Gasteiger partial charge in [-0.1, -0.05) is 32.2 Å². The Hall–Kier alpha value is -4.56. The van der Waals surface area contributed by atoms with Crippen LogP contribution in [0, 0.1) is 5.82 Å². The van der Waals surface area contributed by atoms with Crippen molar-refractivity contribution in [2.24, 2.45) is 0 Å². The van der Waals surface area contributed by atoms with E-state index in [0.29, 0.717) is 5.75 Å². The van der Waals surface area contributed by atoms with E-state index in [1.807, 2.05) is 13.0 Å². The number of carbonyl (C=O) groups excluding carboxylic acids is 3. The lowest BCUT2D eigenvalue weighted by Crippen LogP contribution is -2.13. The molecule has 0 radical (unpaired) electrons. The van der Waals surface area contributed by atoms with Gasteiger partial charge in [-0.25, -0.2) is 18.8 Å². The predicted octanol–water partition coefficient (Wildman–Crippen LogP) is 4.72. The molecule has 0 aromatic heterocycles. The lowest BCUT2D eigenvalue weighted by Gasteiger charge is -2.10. The summed E-state index contributed by atoms with van der Waals surface area (Å²) in [7, 11) is 0. The first-order valence-corrected chi connectivity index (χ1v) is 10.9. The number of benzene rings is 3. The largest absolute Gasteiger partial charge is 0.423 e. The SMILES string of the molecule is C=CC(=O)Oc1ccc(OC(=O)c2ccc3c(c2)C(C)c2cc(OC(=O)C(=C)CO)ccc2-3)cc1F. The lowest BCUT2D eigenvalue weighted by atomic mass is 9.98. The minimum Gasteiger partial charge on any atom is -0.423 e. The molecule has 182 valence electrons. The first kappa shape index (κ1) is 24.6. The van der Waals surface area contributed by atoms with Crippen molar-refractivity contribution in [2.75, 3.05) is 6.61 Å². The van der Waals surface area contributed by atoms with Crippen molar-refractivity contribution in [1.29, 1.82) is 0 Å². The number of fused-ring (bicyclic) bond motifs is 3. The molecule has 4 rings (SSSR count). The quantitative estimate of drug-likeness (QED) is 0.292. The van der Waals surface area contributed by atoms with Gasteiger partial charge >= 0.3 is 17.9 Å². The molecule has 7 nitrogen and oxygen atoms in total. The summed E-state index contributed by atoms with van der Waals surface area (Å²) in [6.45, 7) is 8.16. The fourth-order valence-corrected chi connectivity index (χ4v) is 3.86. The molecular formula is C28H21FO7. The molecular weight excluding hydrogens is 467 g/mol. The van der Waals surface area contributed by atoms with E-state index in [4.69, 9.17) is 19.3 Å². The summed E-state index contributed by atoms with van der Waals surface area (Å²) < 4.78 is 29.6. The third kappa shape index (κ3) is 4.80. The number of esters is 3. The van der Waals surface area contributed by atoms with Crippen LogP contribution in [0.5, 0.6) is 17.2 Å². The molecule has 0 aliphatic heterocycles. The summed E-state index contributed by atoms with van der Waals surface area (Å²) >= 11 is 0. The third-order valence-electron chi connectivity index (χ3n) is 5.71. The molecule has 1 atom stereocenters. The van der Waals surface area contributed by atoms with E-state index in [-0.39, 0.29) is 28.6 Å². The molecule has 0 heterocycles. The molecule has 36 heavy (non-hydrogen) atoms. The van der Waals surface area contributed by atoms with Gasteiger partial charge in [0.15, 0.2) is 11.6 Å². The van der Waals surface area contributed by atoms with Crippen molar-refractivity contribution in [1.82, 2.24) is 0 Å². The van der Waals surface area contributed by atoms with E-state index >= 15 is 0 Å². The maximum Gasteiger partial charge on any atom is 0.343 e. The Morgan fingerprint density at radius 1 is 0.944 bits per heavy atom. The Bertz CT molecular complexity index is 1420. The number of hydrogen-bond acceptors (Lipinski definition) is 7. The van der Waals surface area contributed by atoms with Gasteiger partial charge in [0.2, 0.25) is 0 Å². The lowest BCUT2D eigenvalue weighted by molar-refractivity contribution is -0.131. The van der Waals surface area contributed by atoms with Crippen molar-refractivity contribution in [2.45, 2.75) is 12.8 Å². The zero-order chi connectivity index (χ0) is 26.0. The molecule has 1 aliphatic rings. The second-order valence-corrected chi connectivity index (χ2v) is 8.03. The van der Waals surface area contributed by atoms with Crippen LogP contribution in [0.25, 0.3) is 11.1 Å². The van der Waals surface area contributed by atoms with Crippen LogP contribution in [0.2, 0.25) is 0 Å². The molecule has 0 saturated heterocycles. The first-order chi connectivity index (χ1) is 17.2. The van der Waals surface area contributed by atoms with Gasteiger partial charge in [-0.3, -0.25) is 0 Å². The molecule has 0 saturated carbocycles. The Morgan fingerprint density at radius 3 is 2.25 bits per heavy atom. The van der Waals surface area contributed by atoms with Crippen molar-refractivity contribution in [3.63, 3.8) is 0 Å². The fraction of sp³-hybridized carbons (Fsp3) is 0.107.